The van der Waals surface area contributed by atoms with E-state index >= 15 is 0 Å². The molecule has 49 heavy (non-hydrogen) atoms. The van der Waals surface area contributed by atoms with Crippen LogP contribution < -0.4 is 20.7 Å². The second-order valence-electron chi connectivity index (χ2n) is 12.6. The van der Waals surface area contributed by atoms with E-state index in [0.717, 1.165) is 12.8 Å². The van der Waals surface area contributed by atoms with Gasteiger partial charge in [-0.15, -0.1) is 0 Å². The van der Waals surface area contributed by atoms with Gasteiger partial charge in [-0.2, -0.15) is 0 Å². The van der Waals surface area contributed by atoms with Crippen LogP contribution in [0, 0.1) is 25.6 Å². The molecule has 266 valence electrons. The van der Waals surface area contributed by atoms with Gasteiger partial charge in [0, 0.05) is 44.0 Å². The number of nitrogens with one attached hydrogen (secondary N) is 3. The Morgan fingerprint density at radius 1 is 1.08 bits per heavy atom. The maximum absolute atomic E-state index is 14.4. The number of urea groups is 2. The lowest BCUT2D eigenvalue weighted by molar-refractivity contribution is -0.0115. The molecule has 0 saturated heterocycles. The number of aliphatic hydroxyl groups excluding tert-OH is 1. The van der Waals surface area contributed by atoms with Crippen LogP contribution in [-0.2, 0) is 4.74 Å². The number of fused-ring (bicyclic) bond motifs is 1. The molecule has 2 aromatic carbocycles. The lowest BCUT2D eigenvalue weighted by atomic mass is 10.0. The minimum atomic E-state index is -0.576. The number of hydrogen-bond donors (Lipinski definition) is 4. The Labute approximate surface area is 286 Å². The van der Waals surface area contributed by atoms with Crippen molar-refractivity contribution in [2.24, 2.45) is 5.92 Å². The summed E-state index contributed by atoms with van der Waals surface area (Å²) in [6.07, 6.45) is 1.59. The second kappa shape index (κ2) is 17.1. The number of benzene rings is 2. The lowest BCUT2D eigenvalue weighted by Gasteiger charge is -2.35. The zero-order chi connectivity index (χ0) is 35.7. The first-order valence-corrected chi connectivity index (χ1v) is 16.5. The number of nitrogens with zero attached hydrogens (tertiary/aromatic N) is 3. The number of amides is 5. The molecule has 0 bridgehead atoms. The van der Waals surface area contributed by atoms with Gasteiger partial charge in [-0.1, -0.05) is 12.1 Å². The first-order chi connectivity index (χ1) is 23.4. The van der Waals surface area contributed by atoms with Crippen molar-refractivity contribution in [3.8, 4) is 5.75 Å². The van der Waals surface area contributed by atoms with E-state index < -0.39 is 35.9 Å². The molecule has 13 nitrogen and oxygen atoms in total. The smallest absolute Gasteiger partial charge is 0.323 e. The van der Waals surface area contributed by atoms with Crippen molar-refractivity contribution in [1.82, 2.24) is 15.0 Å². The molecule has 4 rings (SSSR count). The Morgan fingerprint density at radius 3 is 2.47 bits per heavy atom. The summed E-state index contributed by atoms with van der Waals surface area (Å²) >= 11 is 0. The molecule has 2 heterocycles. The van der Waals surface area contributed by atoms with E-state index in [-0.39, 0.29) is 37.3 Å². The SMILES string of the molecule is Cc1noc(C)c1NC(=O)Nc1ccc2c(c1)C(=O)N([C@@H](C)CO)C[C@@H](C)[C@H](CN(C)C(=O)Nc1ccc(F)cc1)OCCCC[C@@H](C)O2. The molecule has 0 unspecified atom stereocenters. The summed E-state index contributed by atoms with van der Waals surface area (Å²) in [7, 11) is 1.64. The summed E-state index contributed by atoms with van der Waals surface area (Å²) in [6, 6.07) is 8.87. The summed E-state index contributed by atoms with van der Waals surface area (Å²) in [4.78, 5) is 43.3. The lowest BCUT2D eigenvalue weighted by Crippen LogP contribution is -2.48. The molecule has 0 saturated carbocycles. The number of likely N-dealkylation sites (N-methyl/N-ethyl adjacent to an activating group) is 1. The van der Waals surface area contributed by atoms with E-state index in [1.54, 1.807) is 50.9 Å². The van der Waals surface area contributed by atoms with Gasteiger partial charge in [0.25, 0.3) is 5.91 Å². The first kappa shape index (κ1) is 37.1. The molecular formula is C35H47FN6O7. The van der Waals surface area contributed by atoms with Gasteiger partial charge in [-0.25, -0.2) is 14.0 Å². The zero-order valence-electron chi connectivity index (χ0n) is 28.9. The summed E-state index contributed by atoms with van der Waals surface area (Å²) in [5, 5.41) is 22.3. The molecule has 0 fully saturated rings. The highest BCUT2D eigenvalue weighted by molar-refractivity contribution is 6.03. The fourth-order valence-corrected chi connectivity index (χ4v) is 5.51. The van der Waals surface area contributed by atoms with Crippen molar-refractivity contribution in [3.05, 3.63) is 65.3 Å². The quantitative estimate of drug-likeness (QED) is 0.235. The maximum atomic E-state index is 14.4. The number of aliphatic hydroxyl groups is 1. The van der Waals surface area contributed by atoms with Gasteiger partial charge in [-0.05, 0) is 89.4 Å². The number of aryl methyl sites for hydroxylation is 2. The van der Waals surface area contributed by atoms with Crippen LogP contribution in [0.15, 0.2) is 47.0 Å². The third-order valence-electron chi connectivity index (χ3n) is 8.48. The molecule has 0 spiro atoms. The normalized spacial score (nSPS) is 19.6. The van der Waals surface area contributed by atoms with Crippen LogP contribution in [0.3, 0.4) is 0 Å². The van der Waals surface area contributed by atoms with Crippen molar-refractivity contribution >= 4 is 35.0 Å². The first-order valence-electron chi connectivity index (χ1n) is 16.5. The predicted octanol–water partition coefficient (Wildman–Crippen LogP) is 6.03. The van der Waals surface area contributed by atoms with Crippen molar-refractivity contribution < 1.29 is 37.9 Å². The summed E-state index contributed by atoms with van der Waals surface area (Å²) in [5.41, 5.74) is 2.01. The summed E-state index contributed by atoms with van der Waals surface area (Å²) < 4.78 is 31.1. The van der Waals surface area contributed by atoms with Crippen LogP contribution in [0.25, 0.3) is 0 Å². The predicted molar refractivity (Wildman–Crippen MR) is 184 cm³/mol. The third-order valence-corrected chi connectivity index (χ3v) is 8.48. The van der Waals surface area contributed by atoms with E-state index in [1.165, 1.54) is 29.2 Å². The van der Waals surface area contributed by atoms with Crippen LogP contribution in [0.2, 0.25) is 0 Å². The Hall–Kier alpha value is -4.69. The highest BCUT2D eigenvalue weighted by atomic mass is 19.1. The van der Waals surface area contributed by atoms with Gasteiger partial charge < -0.3 is 44.9 Å². The third kappa shape index (κ3) is 10.2. The number of carbonyl (C=O) groups is 3. The van der Waals surface area contributed by atoms with Gasteiger partial charge in [0.05, 0.1) is 30.4 Å². The van der Waals surface area contributed by atoms with Gasteiger partial charge >= 0.3 is 12.1 Å². The number of halogens is 1. The van der Waals surface area contributed by atoms with Crippen molar-refractivity contribution in [2.75, 3.05) is 49.3 Å². The Bertz CT molecular complexity index is 1560. The van der Waals surface area contributed by atoms with Gasteiger partial charge in [0.15, 0.2) is 5.76 Å². The average molecular weight is 683 g/mol. The number of ether oxygens (including phenoxy) is 2. The monoisotopic (exact) mass is 682 g/mol. The van der Waals surface area contributed by atoms with E-state index in [2.05, 4.69) is 21.1 Å². The van der Waals surface area contributed by atoms with Gasteiger partial charge in [0.1, 0.15) is 22.9 Å². The van der Waals surface area contributed by atoms with E-state index in [1.807, 2.05) is 13.8 Å². The minimum absolute atomic E-state index is 0.192. The van der Waals surface area contributed by atoms with E-state index in [4.69, 9.17) is 14.0 Å². The van der Waals surface area contributed by atoms with Gasteiger partial charge in [0.2, 0.25) is 0 Å². The molecule has 5 amide bonds. The fourth-order valence-electron chi connectivity index (χ4n) is 5.51. The summed E-state index contributed by atoms with van der Waals surface area (Å²) in [6.45, 7) is 9.56. The minimum Gasteiger partial charge on any atom is -0.490 e. The van der Waals surface area contributed by atoms with Crippen LogP contribution in [0.5, 0.6) is 5.75 Å². The van der Waals surface area contributed by atoms with Crippen LogP contribution >= 0.6 is 0 Å². The zero-order valence-corrected chi connectivity index (χ0v) is 28.9. The van der Waals surface area contributed by atoms with Crippen LogP contribution in [0.4, 0.5) is 31.0 Å². The second-order valence-corrected chi connectivity index (χ2v) is 12.6. The Morgan fingerprint density at radius 2 is 1.80 bits per heavy atom. The van der Waals surface area contributed by atoms with Crippen molar-refractivity contribution in [2.45, 2.75) is 72.1 Å². The average Bonchev–Trinajstić information content (AvgIpc) is 3.38. The standard InChI is InChI=1S/C35H47FN6O7/c1-21-18-42(22(2)20-43)33(44)29-17-28(37-34(45)39-32-24(4)40-49-25(32)5)14-15-30(29)48-23(3)9-7-8-16-47-31(21)19-41(6)35(46)38-27-12-10-26(36)11-13-27/h10-15,17,21-23,31,43H,7-9,16,18-20H2,1-6H3,(H,38,46)(H2,37,39,45)/t21-,22+,23-,31+/m1/s1. The van der Waals surface area contributed by atoms with E-state index in [0.29, 0.717) is 47.3 Å². The number of carbonyl (C=O) groups excluding carboxylic acids is 3. The molecule has 14 heteroatoms. The highest BCUT2D eigenvalue weighted by Gasteiger charge is 2.31. The Balaban J connectivity index is 1.58. The number of hydrogen-bond acceptors (Lipinski definition) is 8. The molecule has 3 aromatic rings. The highest BCUT2D eigenvalue weighted by Crippen LogP contribution is 2.29. The number of anilines is 3. The fraction of sp³-hybridized carbons (Fsp3) is 0.486. The Kier molecular flexibility index (Phi) is 13.0. The van der Waals surface area contributed by atoms with Crippen molar-refractivity contribution in [1.29, 1.82) is 0 Å². The van der Waals surface area contributed by atoms with Crippen LogP contribution in [0.1, 0.15) is 61.8 Å². The number of rotatable bonds is 7. The molecule has 4 atom stereocenters. The molecule has 0 aliphatic carbocycles. The molecule has 4 N–H and O–H groups in total. The maximum Gasteiger partial charge on any atom is 0.323 e. The van der Waals surface area contributed by atoms with Crippen LogP contribution in [-0.4, -0.2) is 89.6 Å². The summed E-state index contributed by atoms with van der Waals surface area (Å²) in [5.74, 6) is -0.256. The molecule has 1 aromatic heterocycles. The molecule has 1 aliphatic rings. The molecule has 0 radical (unpaired) electrons. The topological polar surface area (TPSA) is 158 Å². The van der Waals surface area contributed by atoms with Crippen molar-refractivity contribution in [3.63, 3.8) is 0 Å². The van der Waals surface area contributed by atoms with E-state index in [9.17, 15) is 23.9 Å². The largest absolute Gasteiger partial charge is 0.490 e. The molecule has 1 aliphatic heterocycles. The molecular weight excluding hydrogens is 635 g/mol. The van der Waals surface area contributed by atoms with Gasteiger partial charge in [-0.3, -0.25) is 4.79 Å². The number of aromatic nitrogens is 1.